The Morgan fingerprint density at radius 1 is 1.04 bits per heavy atom. The third kappa shape index (κ3) is 5.64. The number of rotatable bonds is 7. The molecular formula is C17H20Cl3NO2. The highest BCUT2D eigenvalue weighted by Gasteiger charge is 2.28. The van der Waals surface area contributed by atoms with Crippen molar-refractivity contribution in [2.75, 3.05) is 13.2 Å². The average Bonchev–Trinajstić information content (AvgIpc) is 2.55. The van der Waals surface area contributed by atoms with Gasteiger partial charge in [0, 0.05) is 13.0 Å². The number of hydrogen-bond donors (Lipinski definition) is 2. The Balaban J connectivity index is 0.00000264. The van der Waals surface area contributed by atoms with Gasteiger partial charge in [-0.25, -0.2) is 0 Å². The van der Waals surface area contributed by atoms with Crippen LogP contribution < -0.4 is 5.73 Å². The minimum absolute atomic E-state index is 0. The van der Waals surface area contributed by atoms with Crippen molar-refractivity contribution in [3.63, 3.8) is 0 Å². The van der Waals surface area contributed by atoms with Crippen LogP contribution in [0.5, 0.6) is 0 Å². The van der Waals surface area contributed by atoms with Crippen LogP contribution in [0.2, 0.25) is 10.0 Å². The van der Waals surface area contributed by atoms with Crippen molar-refractivity contribution >= 4 is 35.6 Å². The molecular weight excluding hydrogens is 357 g/mol. The smallest absolute Gasteiger partial charge is 0.104 e. The lowest BCUT2D eigenvalue weighted by Crippen LogP contribution is -2.36. The fourth-order valence-electron chi connectivity index (χ4n) is 2.16. The van der Waals surface area contributed by atoms with Crippen LogP contribution in [0.15, 0.2) is 48.5 Å². The maximum absolute atomic E-state index is 10.7. The maximum Gasteiger partial charge on any atom is 0.104 e. The van der Waals surface area contributed by atoms with E-state index in [4.69, 9.17) is 33.7 Å². The molecule has 3 N–H and O–H groups in total. The van der Waals surface area contributed by atoms with Gasteiger partial charge >= 0.3 is 0 Å². The SMILES string of the molecule is Cl.NCC(O)(CCOCc1ccccc1)c1ccc(Cl)c(Cl)c1. The molecule has 6 heteroatoms. The van der Waals surface area contributed by atoms with Crippen LogP contribution >= 0.6 is 35.6 Å². The van der Waals surface area contributed by atoms with E-state index in [1.165, 1.54) is 0 Å². The Labute approximate surface area is 152 Å². The largest absolute Gasteiger partial charge is 0.384 e. The van der Waals surface area contributed by atoms with Crippen LogP contribution in [0.3, 0.4) is 0 Å². The summed E-state index contributed by atoms with van der Waals surface area (Å²) in [6.07, 6.45) is 0.383. The van der Waals surface area contributed by atoms with E-state index in [1.54, 1.807) is 18.2 Å². The molecule has 2 aromatic rings. The van der Waals surface area contributed by atoms with Crippen molar-refractivity contribution in [2.45, 2.75) is 18.6 Å². The molecule has 0 saturated heterocycles. The molecule has 0 bridgehead atoms. The number of hydrogen-bond acceptors (Lipinski definition) is 3. The molecule has 0 amide bonds. The lowest BCUT2D eigenvalue weighted by molar-refractivity contribution is -0.000687. The van der Waals surface area contributed by atoms with Gasteiger partial charge in [-0.3, -0.25) is 0 Å². The second kappa shape index (κ2) is 9.48. The van der Waals surface area contributed by atoms with Crippen LogP contribution in [-0.2, 0) is 16.9 Å². The van der Waals surface area contributed by atoms with Gasteiger partial charge in [0.25, 0.3) is 0 Å². The Kier molecular flexibility index (Phi) is 8.34. The second-order valence-corrected chi connectivity index (χ2v) is 5.97. The first-order valence-corrected chi connectivity index (χ1v) is 7.80. The van der Waals surface area contributed by atoms with Crippen molar-refractivity contribution in [3.05, 3.63) is 69.7 Å². The van der Waals surface area contributed by atoms with Crippen molar-refractivity contribution < 1.29 is 9.84 Å². The summed E-state index contributed by atoms with van der Waals surface area (Å²) in [5, 5.41) is 11.5. The van der Waals surface area contributed by atoms with E-state index in [1.807, 2.05) is 30.3 Å². The average molecular weight is 377 g/mol. The Bertz CT molecular complexity index is 610. The number of aliphatic hydroxyl groups is 1. The lowest BCUT2D eigenvalue weighted by atomic mass is 9.91. The zero-order valence-corrected chi connectivity index (χ0v) is 14.9. The molecule has 0 fully saturated rings. The highest BCUT2D eigenvalue weighted by Crippen LogP contribution is 2.30. The summed E-state index contributed by atoms with van der Waals surface area (Å²) in [5.74, 6) is 0. The normalized spacial score (nSPS) is 13.2. The zero-order chi connectivity index (χ0) is 16.0. The quantitative estimate of drug-likeness (QED) is 0.713. The van der Waals surface area contributed by atoms with Gasteiger partial charge in [0.05, 0.1) is 23.3 Å². The number of nitrogens with two attached hydrogens (primary N) is 1. The molecule has 1 atom stereocenters. The number of halogens is 3. The Morgan fingerprint density at radius 3 is 2.35 bits per heavy atom. The van der Waals surface area contributed by atoms with Crippen LogP contribution in [0.4, 0.5) is 0 Å². The van der Waals surface area contributed by atoms with Crippen molar-refractivity contribution in [3.8, 4) is 0 Å². The van der Waals surface area contributed by atoms with Crippen LogP contribution in [-0.4, -0.2) is 18.3 Å². The predicted octanol–water partition coefficient (Wildman–Crippen LogP) is 4.17. The highest BCUT2D eigenvalue weighted by atomic mass is 35.5. The minimum Gasteiger partial charge on any atom is -0.384 e. The summed E-state index contributed by atoms with van der Waals surface area (Å²) in [6.45, 7) is 0.978. The maximum atomic E-state index is 10.7. The third-order valence-corrected chi connectivity index (χ3v) is 4.31. The van der Waals surface area contributed by atoms with Crippen LogP contribution in [0.1, 0.15) is 17.5 Å². The fraction of sp³-hybridized carbons (Fsp3) is 0.294. The lowest BCUT2D eigenvalue weighted by Gasteiger charge is -2.27. The number of benzene rings is 2. The van der Waals surface area contributed by atoms with Crippen molar-refractivity contribution in [2.24, 2.45) is 5.73 Å². The van der Waals surface area contributed by atoms with Gasteiger partial charge in [0.1, 0.15) is 5.60 Å². The van der Waals surface area contributed by atoms with E-state index >= 15 is 0 Å². The van der Waals surface area contributed by atoms with Crippen LogP contribution in [0, 0.1) is 0 Å². The third-order valence-electron chi connectivity index (χ3n) is 3.57. The van der Waals surface area contributed by atoms with Crippen molar-refractivity contribution in [1.82, 2.24) is 0 Å². The molecule has 0 aromatic heterocycles. The summed E-state index contributed by atoms with van der Waals surface area (Å²) >= 11 is 11.9. The molecule has 126 valence electrons. The van der Waals surface area contributed by atoms with Gasteiger partial charge in [-0.2, -0.15) is 0 Å². The summed E-state index contributed by atoms with van der Waals surface area (Å²) in [5.41, 5.74) is 6.30. The molecule has 0 spiro atoms. The fourth-order valence-corrected chi connectivity index (χ4v) is 2.45. The monoisotopic (exact) mass is 375 g/mol. The molecule has 0 aliphatic carbocycles. The molecule has 0 heterocycles. The first kappa shape index (κ1) is 20.2. The van der Waals surface area contributed by atoms with Gasteiger partial charge in [-0.15, -0.1) is 12.4 Å². The number of ether oxygens (including phenoxy) is 1. The van der Waals surface area contributed by atoms with E-state index in [0.717, 1.165) is 5.56 Å². The molecule has 3 nitrogen and oxygen atoms in total. The topological polar surface area (TPSA) is 55.5 Å². The van der Waals surface area contributed by atoms with E-state index in [2.05, 4.69) is 0 Å². The standard InChI is InChI=1S/C17H19Cl2NO2.ClH/c18-15-7-6-14(10-16(15)19)17(21,12-20)8-9-22-11-13-4-2-1-3-5-13;/h1-7,10,21H,8-9,11-12,20H2;1H. The molecule has 0 radical (unpaired) electrons. The predicted molar refractivity (Wildman–Crippen MR) is 97.4 cm³/mol. The zero-order valence-electron chi connectivity index (χ0n) is 12.5. The van der Waals surface area contributed by atoms with Crippen molar-refractivity contribution in [1.29, 1.82) is 0 Å². The van der Waals surface area contributed by atoms with E-state index in [0.29, 0.717) is 35.2 Å². The highest BCUT2D eigenvalue weighted by molar-refractivity contribution is 6.42. The second-order valence-electron chi connectivity index (χ2n) is 5.15. The van der Waals surface area contributed by atoms with Crippen LogP contribution in [0.25, 0.3) is 0 Å². The molecule has 2 aromatic carbocycles. The molecule has 0 saturated carbocycles. The summed E-state index contributed by atoms with van der Waals surface area (Å²) < 4.78 is 5.62. The molecule has 0 aliphatic rings. The Hall–Kier alpha value is -0.810. The van der Waals surface area contributed by atoms with Gasteiger partial charge in [0.2, 0.25) is 0 Å². The Morgan fingerprint density at radius 2 is 1.74 bits per heavy atom. The first-order valence-electron chi connectivity index (χ1n) is 7.05. The first-order chi connectivity index (χ1) is 10.5. The van der Waals surface area contributed by atoms with Gasteiger partial charge < -0.3 is 15.6 Å². The van der Waals surface area contributed by atoms with E-state index in [9.17, 15) is 5.11 Å². The molecule has 0 aliphatic heterocycles. The summed E-state index contributed by atoms with van der Waals surface area (Å²) in [4.78, 5) is 0. The summed E-state index contributed by atoms with van der Waals surface area (Å²) in [7, 11) is 0. The van der Waals surface area contributed by atoms with E-state index in [-0.39, 0.29) is 19.0 Å². The van der Waals surface area contributed by atoms with E-state index < -0.39 is 5.60 Å². The van der Waals surface area contributed by atoms with Gasteiger partial charge in [-0.1, -0.05) is 59.6 Å². The molecule has 2 rings (SSSR count). The molecule has 1 unspecified atom stereocenters. The van der Waals surface area contributed by atoms with Gasteiger partial charge in [-0.05, 0) is 23.3 Å². The van der Waals surface area contributed by atoms with Gasteiger partial charge in [0.15, 0.2) is 0 Å². The molecule has 23 heavy (non-hydrogen) atoms. The summed E-state index contributed by atoms with van der Waals surface area (Å²) in [6, 6.07) is 14.9. The minimum atomic E-state index is -1.18.